The van der Waals surface area contributed by atoms with Gasteiger partial charge in [0, 0.05) is 0 Å². The third-order valence-corrected chi connectivity index (χ3v) is 0.283. The van der Waals surface area contributed by atoms with E-state index in [1.54, 1.807) is 0 Å². The Balaban J connectivity index is 0. The summed E-state index contributed by atoms with van der Waals surface area (Å²) in [6.07, 6.45) is 2.94. The van der Waals surface area contributed by atoms with Crippen molar-refractivity contribution in [2.75, 3.05) is 0 Å². The normalized spacial score (nSPS) is 6.40. The van der Waals surface area contributed by atoms with Crippen LogP contribution < -0.4 is 12.0 Å². The summed E-state index contributed by atoms with van der Waals surface area (Å²) in [4.78, 5) is 8.58. The van der Waals surface area contributed by atoms with Gasteiger partial charge >= 0.3 is 0 Å². The van der Waals surface area contributed by atoms with Crippen molar-refractivity contribution < 1.29 is 9.66 Å². The molecule has 0 spiro atoms. The van der Waals surface area contributed by atoms with E-state index < -0.39 is 5.03 Å². The number of nitro groups is 1. The molecule has 0 saturated carbocycles. The van der Waals surface area contributed by atoms with Crippen molar-refractivity contribution in [1.29, 1.82) is 0 Å². The van der Waals surface area contributed by atoms with Gasteiger partial charge in [0.25, 0.3) is 0 Å². The van der Waals surface area contributed by atoms with Gasteiger partial charge in [-0.2, -0.15) is 5.84 Å². The molecule has 0 atom stereocenters. The molecule has 58 valence electrons. The molecule has 8 nitrogen and oxygen atoms in total. The predicted octanol–water partition coefficient (Wildman–Crippen LogP) is -0.632. The lowest BCUT2D eigenvalue weighted by Gasteiger charge is -1.61. The Hall–Kier alpha value is -1.70. The SMILES string of the molecule is N.N[N+](=O)[O-].c1cnon1. The van der Waals surface area contributed by atoms with Gasteiger partial charge in [-0.1, -0.05) is 10.3 Å². The van der Waals surface area contributed by atoms with Crippen molar-refractivity contribution in [3.63, 3.8) is 0 Å². The van der Waals surface area contributed by atoms with Crippen LogP contribution in [0.25, 0.3) is 0 Å². The van der Waals surface area contributed by atoms with E-state index in [0.29, 0.717) is 0 Å². The number of hydrogen-bond acceptors (Lipinski definition) is 6. The second kappa shape index (κ2) is 7.30. The highest BCUT2D eigenvalue weighted by atomic mass is 16.7. The zero-order valence-corrected chi connectivity index (χ0v) is 5.01. The zero-order valence-electron chi connectivity index (χ0n) is 5.01. The third kappa shape index (κ3) is 16.3. The molecule has 10 heavy (non-hydrogen) atoms. The van der Waals surface area contributed by atoms with Crippen molar-refractivity contribution in [2.24, 2.45) is 5.84 Å². The number of hydrogen-bond donors (Lipinski definition) is 2. The van der Waals surface area contributed by atoms with E-state index in [2.05, 4.69) is 20.8 Å². The standard InChI is InChI=1S/C2H2N2O.H2N2O2.H3N/c1-2-4-5-3-1;1-2(3)4;/h1-2H;1H2;1H3. The Morgan fingerprint density at radius 3 is 1.90 bits per heavy atom. The number of nitrogens with two attached hydrogens (primary N) is 1. The van der Waals surface area contributed by atoms with E-state index in [1.165, 1.54) is 12.4 Å². The predicted molar refractivity (Wildman–Crippen MR) is 30.5 cm³/mol. The monoisotopic (exact) mass is 149 g/mol. The fraction of sp³-hybridized carbons (Fsp3) is 0. The summed E-state index contributed by atoms with van der Waals surface area (Å²) in [5.74, 6) is 3.83. The third-order valence-electron chi connectivity index (χ3n) is 0.283. The molecule has 0 amide bonds. The Morgan fingerprint density at radius 2 is 1.80 bits per heavy atom. The van der Waals surface area contributed by atoms with Crippen LogP contribution in [0.4, 0.5) is 0 Å². The molecule has 0 aromatic carbocycles. The first-order valence-electron chi connectivity index (χ1n) is 1.84. The smallest absolute Gasteiger partial charge is 0.154 e. The molecular weight excluding hydrogens is 142 g/mol. The molecule has 1 aromatic rings. The molecule has 0 radical (unpaired) electrons. The molecule has 0 fully saturated rings. The van der Waals surface area contributed by atoms with E-state index >= 15 is 0 Å². The highest BCUT2D eigenvalue weighted by molar-refractivity contribution is 4.51. The summed E-state index contributed by atoms with van der Waals surface area (Å²) in [5.41, 5.74) is 0. The highest BCUT2D eigenvalue weighted by Gasteiger charge is 1.61. The Morgan fingerprint density at radius 1 is 1.50 bits per heavy atom. The average molecular weight is 149 g/mol. The maximum atomic E-state index is 8.58. The van der Waals surface area contributed by atoms with Crippen molar-refractivity contribution in [1.82, 2.24) is 16.5 Å². The Kier molecular flexibility index (Phi) is 8.14. The molecular formula is C2H7N5O3. The van der Waals surface area contributed by atoms with E-state index in [-0.39, 0.29) is 6.15 Å². The van der Waals surface area contributed by atoms with Gasteiger partial charge in [0.05, 0.1) is 12.4 Å². The molecule has 5 N–H and O–H groups in total. The average Bonchev–Trinajstić information content (AvgIpc) is 2.11. The van der Waals surface area contributed by atoms with E-state index in [9.17, 15) is 0 Å². The number of nitrogens with zero attached hydrogens (tertiary/aromatic N) is 3. The van der Waals surface area contributed by atoms with Gasteiger partial charge in [0.1, 0.15) is 0 Å². The molecule has 1 rings (SSSR count). The second-order valence-electron chi connectivity index (χ2n) is 0.876. The molecule has 0 unspecified atom stereocenters. The lowest BCUT2D eigenvalue weighted by atomic mass is 11.0. The van der Waals surface area contributed by atoms with Crippen LogP contribution in [-0.4, -0.2) is 15.3 Å². The maximum absolute atomic E-state index is 8.58. The lowest BCUT2D eigenvalue weighted by Crippen LogP contribution is -2.04. The van der Waals surface area contributed by atoms with Crippen LogP contribution in [0.15, 0.2) is 17.0 Å². The Bertz CT molecular complexity index is 129. The molecule has 0 aliphatic carbocycles. The minimum Gasteiger partial charge on any atom is -0.344 e. The van der Waals surface area contributed by atoms with Gasteiger partial charge in [-0.05, 0) is 0 Å². The first-order chi connectivity index (χ1) is 4.23. The summed E-state index contributed by atoms with van der Waals surface area (Å²) in [6, 6.07) is 0. The quantitative estimate of drug-likeness (QED) is 0.283. The van der Waals surface area contributed by atoms with Crippen molar-refractivity contribution >= 4 is 0 Å². The van der Waals surface area contributed by atoms with Crippen LogP contribution in [0, 0.1) is 10.1 Å². The summed E-state index contributed by atoms with van der Waals surface area (Å²) in [7, 11) is 0. The van der Waals surface area contributed by atoms with Crippen LogP contribution >= 0.6 is 0 Å². The minimum atomic E-state index is -1.00. The molecule has 0 saturated heterocycles. The summed E-state index contributed by atoms with van der Waals surface area (Å²) < 4.78 is 4.08. The fourth-order valence-electron chi connectivity index (χ4n) is 0.136. The molecule has 0 bridgehead atoms. The molecule has 0 aliphatic heterocycles. The van der Waals surface area contributed by atoms with Gasteiger partial charge in [-0.25, -0.2) is 14.7 Å². The van der Waals surface area contributed by atoms with Crippen LogP contribution in [0.3, 0.4) is 0 Å². The van der Waals surface area contributed by atoms with Crippen molar-refractivity contribution in [2.45, 2.75) is 0 Å². The van der Waals surface area contributed by atoms with E-state index in [0.717, 1.165) is 0 Å². The number of aromatic nitrogens is 2. The first-order valence-corrected chi connectivity index (χ1v) is 1.84. The van der Waals surface area contributed by atoms with E-state index in [4.69, 9.17) is 10.1 Å². The van der Waals surface area contributed by atoms with Crippen LogP contribution in [0.2, 0.25) is 0 Å². The summed E-state index contributed by atoms with van der Waals surface area (Å²) >= 11 is 0. The van der Waals surface area contributed by atoms with Gasteiger partial charge < -0.3 is 6.15 Å². The van der Waals surface area contributed by atoms with Gasteiger partial charge in [0.2, 0.25) is 0 Å². The molecule has 1 heterocycles. The summed E-state index contributed by atoms with van der Waals surface area (Å²) in [6.45, 7) is 0. The lowest BCUT2D eigenvalue weighted by molar-refractivity contribution is -0.491. The van der Waals surface area contributed by atoms with Gasteiger partial charge in [0.15, 0.2) is 5.03 Å². The second-order valence-corrected chi connectivity index (χ2v) is 0.876. The van der Waals surface area contributed by atoms with Crippen molar-refractivity contribution in [3.05, 3.63) is 22.5 Å². The van der Waals surface area contributed by atoms with Crippen LogP contribution in [0.1, 0.15) is 0 Å². The maximum Gasteiger partial charge on any atom is 0.154 e. The molecule has 8 heteroatoms. The van der Waals surface area contributed by atoms with Gasteiger partial charge in [-0.3, -0.25) is 0 Å². The van der Waals surface area contributed by atoms with Gasteiger partial charge in [-0.15, -0.1) is 0 Å². The van der Waals surface area contributed by atoms with Crippen LogP contribution in [0.5, 0.6) is 0 Å². The zero-order chi connectivity index (χ0) is 7.11. The fourth-order valence-corrected chi connectivity index (χ4v) is 0.136. The number of hydrazine groups is 1. The topological polar surface area (TPSA) is 143 Å². The number of rotatable bonds is 0. The molecule has 0 aliphatic rings. The van der Waals surface area contributed by atoms with Crippen molar-refractivity contribution in [3.8, 4) is 0 Å². The largest absolute Gasteiger partial charge is 0.344 e. The first kappa shape index (κ1) is 11.1. The summed E-state index contributed by atoms with van der Waals surface area (Å²) in [5, 5.41) is 14.1. The Labute approximate surface area is 55.7 Å². The minimum absolute atomic E-state index is 0. The molecule has 1 aromatic heterocycles. The van der Waals surface area contributed by atoms with Crippen LogP contribution in [-0.2, 0) is 0 Å². The van der Waals surface area contributed by atoms with E-state index in [1.807, 2.05) is 0 Å². The highest BCUT2D eigenvalue weighted by Crippen LogP contribution is 1.62.